The third kappa shape index (κ3) is 5.19. The van der Waals surface area contributed by atoms with Crippen molar-refractivity contribution in [1.82, 2.24) is 14.9 Å². The van der Waals surface area contributed by atoms with E-state index in [0.717, 1.165) is 50.9 Å². The summed E-state index contributed by atoms with van der Waals surface area (Å²) in [7, 11) is 1.59. The molecule has 1 aromatic carbocycles. The number of halogens is 1. The molecule has 3 rings (SSSR count). The number of aromatic nitrogens is 2. The fourth-order valence-electron chi connectivity index (χ4n) is 2.58. The van der Waals surface area contributed by atoms with Crippen molar-refractivity contribution < 1.29 is 9.47 Å². The van der Waals surface area contributed by atoms with Gasteiger partial charge in [-0.2, -0.15) is 0 Å². The van der Waals surface area contributed by atoms with Gasteiger partial charge < -0.3 is 20.1 Å². The molecule has 0 unspecified atom stereocenters. The molecule has 1 aliphatic heterocycles. The maximum atomic E-state index is 6.15. The minimum Gasteiger partial charge on any atom is -0.495 e. The van der Waals surface area contributed by atoms with Crippen LogP contribution in [0.25, 0.3) is 0 Å². The standard InChI is InChI=1S/C17H22ClN5O2/c1-24-15-3-2-13(10-14(15)18)22-17-11-16(20-12-21-17)19-4-5-23-6-8-25-9-7-23/h2-3,10-12H,4-9H2,1H3,(H2,19,20,21,22). The highest BCUT2D eigenvalue weighted by molar-refractivity contribution is 6.32. The fraction of sp³-hybridized carbons (Fsp3) is 0.412. The van der Waals surface area contributed by atoms with E-state index in [1.54, 1.807) is 13.2 Å². The zero-order valence-electron chi connectivity index (χ0n) is 14.2. The van der Waals surface area contributed by atoms with Crippen molar-refractivity contribution in [3.63, 3.8) is 0 Å². The molecule has 0 aliphatic carbocycles. The molecule has 0 amide bonds. The number of anilines is 3. The topological polar surface area (TPSA) is 71.5 Å². The number of benzene rings is 1. The van der Waals surface area contributed by atoms with Crippen molar-refractivity contribution in [2.24, 2.45) is 0 Å². The van der Waals surface area contributed by atoms with Crippen LogP contribution in [0, 0.1) is 0 Å². The number of nitrogens with zero attached hydrogens (tertiary/aromatic N) is 3. The maximum absolute atomic E-state index is 6.15. The third-order valence-electron chi connectivity index (χ3n) is 3.93. The van der Waals surface area contributed by atoms with Gasteiger partial charge in [0.2, 0.25) is 0 Å². The Morgan fingerprint density at radius 2 is 2.00 bits per heavy atom. The minimum atomic E-state index is 0.547. The van der Waals surface area contributed by atoms with Crippen LogP contribution in [-0.2, 0) is 4.74 Å². The van der Waals surface area contributed by atoms with E-state index >= 15 is 0 Å². The number of hydrogen-bond donors (Lipinski definition) is 2. The van der Waals surface area contributed by atoms with Gasteiger partial charge in [-0.25, -0.2) is 9.97 Å². The van der Waals surface area contributed by atoms with Crippen LogP contribution >= 0.6 is 11.6 Å². The largest absolute Gasteiger partial charge is 0.495 e. The van der Waals surface area contributed by atoms with E-state index in [-0.39, 0.29) is 0 Å². The van der Waals surface area contributed by atoms with Crippen molar-refractivity contribution in [3.8, 4) is 5.75 Å². The third-order valence-corrected chi connectivity index (χ3v) is 4.22. The summed E-state index contributed by atoms with van der Waals surface area (Å²) in [5.74, 6) is 2.12. The van der Waals surface area contributed by atoms with Crippen molar-refractivity contribution >= 4 is 28.9 Å². The summed E-state index contributed by atoms with van der Waals surface area (Å²) in [6.07, 6.45) is 1.53. The van der Waals surface area contributed by atoms with Gasteiger partial charge in [0.05, 0.1) is 25.3 Å². The highest BCUT2D eigenvalue weighted by Gasteiger charge is 2.09. The monoisotopic (exact) mass is 363 g/mol. The molecule has 134 valence electrons. The Hall–Kier alpha value is -2.09. The van der Waals surface area contributed by atoms with Crippen LogP contribution in [0.1, 0.15) is 0 Å². The highest BCUT2D eigenvalue weighted by atomic mass is 35.5. The zero-order valence-corrected chi connectivity index (χ0v) is 14.9. The first-order valence-corrected chi connectivity index (χ1v) is 8.59. The molecule has 0 spiro atoms. The molecule has 1 fully saturated rings. The molecular formula is C17H22ClN5O2. The molecule has 0 bridgehead atoms. The van der Waals surface area contributed by atoms with Crippen LogP contribution in [0.15, 0.2) is 30.6 Å². The quantitative estimate of drug-likeness (QED) is 0.783. The first-order valence-electron chi connectivity index (χ1n) is 8.21. The van der Waals surface area contributed by atoms with Crippen LogP contribution in [0.2, 0.25) is 5.02 Å². The summed E-state index contributed by atoms with van der Waals surface area (Å²) < 4.78 is 10.5. The Kier molecular flexibility index (Phi) is 6.27. The van der Waals surface area contributed by atoms with Gasteiger partial charge in [0.15, 0.2) is 0 Å². The fourth-order valence-corrected chi connectivity index (χ4v) is 2.84. The second-order valence-corrected chi connectivity index (χ2v) is 6.05. The smallest absolute Gasteiger partial charge is 0.137 e. The minimum absolute atomic E-state index is 0.547. The van der Waals surface area contributed by atoms with Gasteiger partial charge >= 0.3 is 0 Å². The number of nitrogens with one attached hydrogen (secondary N) is 2. The van der Waals surface area contributed by atoms with E-state index in [0.29, 0.717) is 16.6 Å². The lowest BCUT2D eigenvalue weighted by molar-refractivity contribution is 0.0398. The molecule has 0 radical (unpaired) electrons. The Balaban J connectivity index is 1.54. The van der Waals surface area contributed by atoms with Crippen molar-refractivity contribution in [3.05, 3.63) is 35.6 Å². The lowest BCUT2D eigenvalue weighted by atomic mass is 10.3. The number of ether oxygens (including phenoxy) is 2. The lowest BCUT2D eigenvalue weighted by Crippen LogP contribution is -2.39. The average molecular weight is 364 g/mol. The van der Waals surface area contributed by atoms with Crippen molar-refractivity contribution in [2.75, 3.05) is 57.1 Å². The van der Waals surface area contributed by atoms with Gasteiger partial charge in [0, 0.05) is 37.9 Å². The van der Waals surface area contributed by atoms with Crippen LogP contribution < -0.4 is 15.4 Å². The Morgan fingerprint density at radius 1 is 1.20 bits per heavy atom. The summed E-state index contributed by atoms with van der Waals surface area (Å²) in [6.45, 7) is 5.37. The molecule has 7 nitrogen and oxygen atoms in total. The van der Waals surface area contributed by atoms with Crippen LogP contribution in [0.4, 0.5) is 17.3 Å². The van der Waals surface area contributed by atoms with Crippen LogP contribution in [-0.4, -0.2) is 61.4 Å². The second-order valence-electron chi connectivity index (χ2n) is 5.64. The molecule has 1 saturated heterocycles. The molecule has 2 aromatic rings. The summed E-state index contributed by atoms with van der Waals surface area (Å²) in [4.78, 5) is 10.9. The molecule has 2 N–H and O–H groups in total. The van der Waals surface area contributed by atoms with E-state index in [2.05, 4.69) is 25.5 Å². The highest BCUT2D eigenvalue weighted by Crippen LogP contribution is 2.28. The van der Waals surface area contributed by atoms with E-state index in [4.69, 9.17) is 21.1 Å². The average Bonchev–Trinajstić information content (AvgIpc) is 2.63. The van der Waals surface area contributed by atoms with Crippen LogP contribution in [0.5, 0.6) is 5.75 Å². The first kappa shape index (κ1) is 17.7. The Bertz CT molecular complexity index is 694. The van der Waals surface area contributed by atoms with E-state index in [1.807, 2.05) is 18.2 Å². The van der Waals surface area contributed by atoms with Crippen molar-refractivity contribution in [2.45, 2.75) is 0 Å². The molecule has 1 aromatic heterocycles. The van der Waals surface area contributed by atoms with Gasteiger partial charge in [-0.05, 0) is 18.2 Å². The van der Waals surface area contributed by atoms with E-state index in [1.165, 1.54) is 6.33 Å². The van der Waals surface area contributed by atoms with Gasteiger partial charge in [-0.1, -0.05) is 11.6 Å². The maximum Gasteiger partial charge on any atom is 0.137 e. The van der Waals surface area contributed by atoms with Gasteiger partial charge in [0.1, 0.15) is 23.7 Å². The number of methoxy groups -OCH3 is 1. The van der Waals surface area contributed by atoms with Gasteiger partial charge in [-0.3, -0.25) is 4.90 Å². The molecule has 2 heterocycles. The predicted molar refractivity (Wildman–Crippen MR) is 99.1 cm³/mol. The molecule has 1 aliphatic rings. The van der Waals surface area contributed by atoms with E-state index < -0.39 is 0 Å². The lowest BCUT2D eigenvalue weighted by Gasteiger charge is -2.26. The normalized spacial score (nSPS) is 15.0. The number of rotatable bonds is 7. The first-order chi connectivity index (χ1) is 12.2. The number of hydrogen-bond acceptors (Lipinski definition) is 7. The summed E-state index contributed by atoms with van der Waals surface area (Å²) in [5, 5.41) is 7.09. The molecule has 25 heavy (non-hydrogen) atoms. The zero-order chi connectivity index (χ0) is 17.5. The Labute approximate surface area is 152 Å². The molecular weight excluding hydrogens is 342 g/mol. The summed E-state index contributed by atoms with van der Waals surface area (Å²) in [6, 6.07) is 7.37. The Morgan fingerprint density at radius 3 is 2.76 bits per heavy atom. The van der Waals surface area contributed by atoms with Gasteiger partial charge in [-0.15, -0.1) is 0 Å². The molecule has 0 saturated carbocycles. The van der Waals surface area contributed by atoms with Crippen LogP contribution in [0.3, 0.4) is 0 Å². The SMILES string of the molecule is COc1ccc(Nc2cc(NCCN3CCOCC3)ncn2)cc1Cl. The summed E-state index contributed by atoms with van der Waals surface area (Å²) in [5.41, 5.74) is 0.837. The predicted octanol–water partition coefficient (Wildman–Crippen LogP) is 2.63. The second kappa shape index (κ2) is 8.84. The van der Waals surface area contributed by atoms with E-state index in [9.17, 15) is 0 Å². The van der Waals surface area contributed by atoms with Gasteiger partial charge in [0.25, 0.3) is 0 Å². The number of morpholine rings is 1. The summed E-state index contributed by atoms with van der Waals surface area (Å²) >= 11 is 6.15. The molecule has 8 heteroatoms. The molecule has 0 atom stereocenters. The van der Waals surface area contributed by atoms with Crippen molar-refractivity contribution in [1.29, 1.82) is 0 Å².